The quantitative estimate of drug-likeness (QED) is 0.814. The van der Waals surface area contributed by atoms with Gasteiger partial charge in [0.15, 0.2) is 0 Å². The number of carbonyl (C=O) groups excluding carboxylic acids is 1. The Labute approximate surface area is 96.0 Å². The molecular weight excluding hydrogens is 204 g/mol. The van der Waals surface area contributed by atoms with E-state index in [9.17, 15) is 4.79 Å². The molecule has 5 nitrogen and oxygen atoms in total. The fraction of sp³-hybridized carbons (Fsp3) is 0.636. The van der Waals surface area contributed by atoms with Crippen LogP contribution in [-0.2, 0) is 4.79 Å². The lowest BCUT2D eigenvalue weighted by molar-refractivity contribution is -0.117. The Morgan fingerprint density at radius 1 is 1.38 bits per heavy atom. The summed E-state index contributed by atoms with van der Waals surface area (Å²) in [5.41, 5.74) is 8.06. The van der Waals surface area contributed by atoms with E-state index in [1.54, 1.807) is 6.92 Å². The first-order valence-corrected chi connectivity index (χ1v) is 5.46. The fourth-order valence-corrected chi connectivity index (χ4v) is 1.58. The number of nitrogens with zero attached hydrogens (tertiary/aromatic N) is 2. The van der Waals surface area contributed by atoms with Crippen LogP contribution in [0.2, 0.25) is 0 Å². The molecule has 3 N–H and O–H groups in total. The third kappa shape index (κ3) is 2.41. The highest BCUT2D eigenvalue weighted by atomic mass is 16.2. The van der Waals surface area contributed by atoms with Crippen LogP contribution in [0.1, 0.15) is 38.2 Å². The van der Waals surface area contributed by atoms with E-state index in [1.165, 1.54) is 0 Å². The summed E-state index contributed by atoms with van der Waals surface area (Å²) in [6, 6.07) is -0.235. The van der Waals surface area contributed by atoms with Gasteiger partial charge in [-0.25, -0.2) is 0 Å². The zero-order valence-electron chi connectivity index (χ0n) is 10.5. The van der Waals surface area contributed by atoms with E-state index in [0.717, 1.165) is 17.1 Å². The molecule has 0 aliphatic heterocycles. The topological polar surface area (TPSA) is 72.9 Å². The Morgan fingerprint density at radius 2 is 1.94 bits per heavy atom. The van der Waals surface area contributed by atoms with Crippen LogP contribution in [-0.4, -0.2) is 21.7 Å². The lowest BCUT2D eigenvalue weighted by Crippen LogP contribution is -2.32. The Hall–Kier alpha value is -1.36. The number of hydrogen-bond donors (Lipinski definition) is 2. The van der Waals surface area contributed by atoms with Crippen LogP contribution in [0, 0.1) is 13.8 Å². The summed E-state index contributed by atoms with van der Waals surface area (Å²) in [5.74, 6) is -0.186. The first-order valence-electron chi connectivity index (χ1n) is 5.46. The van der Waals surface area contributed by atoms with Gasteiger partial charge < -0.3 is 11.1 Å². The molecule has 1 amide bonds. The van der Waals surface area contributed by atoms with E-state index in [0.29, 0.717) is 0 Å². The van der Waals surface area contributed by atoms with Gasteiger partial charge in [-0.1, -0.05) is 0 Å². The predicted octanol–water partition coefficient (Wildman–Crippen LogP) is 1.37. The van der Waals surface area contributed by atoms with Crippen molar-refractivity contribution in [1.82, 2.24) is 9.78 Å². The molecule has 0 aliphatic carbocycles. The van der Waals surface area contributed by atoms with E-state index in [1.807, 2.05) is 18.5 Å². The molecule has 1 aromatic rings. The van der Waals surface area contributed by atoms with Crippen molar-refractivity contribution in [3.05, 3.63) is 11.4 Å². The summed E-state index contributed by atoms with van der Waals surface area (Å²) in [7, 11) is 0. The number of carbonyl (C=O) groups is 1. The number of rotatable bonds is 3. The number of aromatic nitrogens is 2. The van der Waals surface area contributed by atoms with Crippen molar-refractivity contribution in [3.63, 3.8) is 0 Å². The first kappa shape index (κ1) is 12.7. The van der Waals surface area contributed by atoms with Crippen LogP contribution in [0.4, 0.5) is 5.69 Å². The minimum atomic E-state index is -0.513. The molecule has 0 fully saturated rings. The van der Waals surface area contributed by atoms with Crippen molar-refractivity contribution < 1.29 is 4.79 Å². The van der Waals surface area contributed by atoms with E-state index in [4.69, 9.17) is 5.73 Å². The number of nitrogens with one attached hydrogen (secondary N) is 1. The van der Waals surface area contributed by atoms with Crippen LogP contribution in [0.5, 0.6) is 0 Å². The molecular formula is C11H20N4O. The van der Waals surface area contributed by atoms with Gasteiger partial charge in [-0.3, -0.25) is 9.48 Å². The smallest absolute Gasteiger partial charge is 0.241 e. The molecule has 16 heavy (non-hydrogen) atoms. The predicted molar refractivity (Wildman–Crippen MR) is 64.4 cm³/mol. The van der Waals surface area contributed by atoms with Gasteiger partial charge in [0, 0.05) is 6.04 Å². The maximum absolute atomic E-state index is 11.5. The highest BCUT2D eigenvalue weighted by molar-refractivity contribution is 5.95. The van der Waals surface area contributed by atoms with Crippen LogP contribution in [0.3, 0.4) is 0 Å². The van der Waals surface area contributed by atoms with Gasteiger partial charge in [0.1, 0.15) is 0 Å². The van der Waals surface area contributed by atoms with Crippen LogP contribution < -0.4 is 11.1 Å². The molecule has 0 radical (unpaired) electrons. The van der Waals surface area contributed by atoms with Gasteiger partial charge in [-0.2, -0.15) is 5.10 Å². The molecule has 5 heteroatoms. The van der Waals surface area contributed by atoms with Crippen LogP contribution in [0.15, 0.2) is 0 Å². The van der Waals surface area contributed by atoms with Crippen molar-refractivity contribution in [2.45, 2.75) is 46.7 Å². The molecule has 1 heterocycles. The normalized spacial score (nSPS) is 12.9. The average molecular weight is 224 g/mol. The molecule has 0 aliphatic rings. The van der Waals surface area contributed by atoms with Crippen molar-refractivity contribution >= 4 is 11.6 Å². The molecule has 1 rings (SSSR count). The van der Waals surface area contributed by atoms with Crippen molar-refractivity contribution in [1.29, 1.82) is 0 Å². The molecule has 0 spiro atoms. The Kier molecular flexibility index (Phi) is 3.70. The Morgan fingerprint density at radius 3 is 2.31 bits per heavy atom. The van der Waals surface area contributed by atoms with Gasteiger partial charge in [0.05, 0.1) is 23.1 Å². The molecule has 0 saturated carbocycles. The number of amides is 1. The lowest BCUT2D eigenvalue weighted by atomic mass is 10.2. The van der Waals surface area contributed by atoms with E-state index < -0.39 is 6.04 Å². The maximum atomic E-state index is 11.5. The highest BCUT2D eigenvalue weighted by Gasteiger charge is 2.16. The number of hydrogen-bond acceptors (Lipinski definition) is 3. The maximum Gasteiger partial charge on any atom is 0.241 e. The van der Waals surface area contributed by atoms with Crippen LogP contribution >= 0.6 is 0 Å². The molecule has 0 saturated heterocycles. The average Bonchev–Trinajstić information content (AvgIpc) is 2.45. The zero-order chi connectivity index (χ0) is 12.5. The van der Waals surface area contributed by atoms with Crippen molar-refractivity contribution in [2.24, 2.45) is 5.73 Å². The van der Waals surface area contributed by atoms with Crippen LogP contribution in [0.25, 0.3) is 0 Å². The van der Waals surface area contributed by atoms with Gasteiger partial charge >= 0.3 is 0 Å². The number of nitrogens with two attached hydrogens (primary N) is 1. The summed E-state index contributed by atoms with van der Waals surface area (Å²) in [4.78, 5) is 11.5. The van der Waals surface area contributed by atoms with Gasteiger partial charge in [0.2, 0.25) is 5.91 Å². The number of anilines is 1. The zero-order valence-corrected chi connectivity index (χ0v) is 10.5. The lowest BCUT2D eigenvalue weighted by Gasteiger charge is -2.10. The van der Waals surface area contributed by atoms with E-state index in [-0.39, 0.29) is 11.9 Å². The molecule has 1 atom stereocenters. The first-order chi connectivity index (χ1) is 7.34. The summed E-state index contributed by atoms with van der Waals surface area (Å²) in [6.45, 7) is 9.58. The standard InChI is InChI=1S/C11H20N4O/c1-6(2)15-9(5)10(8(4)14-15)13-11(16)7(3)12/h6-7H,12H2,1-5H3,(H,13,16). The molecule has 90 valence electrons. The molecule has 0 aromatic carbocycles. The largest absolute Gasteiger partial charge is 0.322 e. The second-order valence-electron chi connectivity index (χ2n) is 4.36. The number of aryl methyl sites for hydroxylation is 1. The van der Waals surface area contributed by atoms with Gasteiger partial charge in [0.25, 0.3) is 0 Å². The molecule has 1 unspecified atom stereocenters. The fourth-order valence-electron chi connectivity index (χ4n) is 1.58. The Balaban J connectivity index is 3.01. The third-order valence-corrected chi connectivity index (χ3v) is 2.48. The minimum absolute atomic E-state index is 0.186. The van der Waals surface area contributed by atoms with Gasteiger partial charge in [-0.15, -0.1) is 0 Å². The minimum Gasteiger partial charge on any atom is -0.322 e. The molecule has 0 bridgehead atoms. The van der Waals surface area contributed by atoms with E-state index >= 15 is 0 Å². The van der Waals surface area contributed by atoms with Crippen molar-refractivity contribution in [2.75, 3.05) is 5.32 Å². The summed E-state index contributed by atoms with van der Waals surface area (Å²) >= 11 is 0. The Bertz CT molecular complexity index is 393. The monoisotopic (exact) mass is 224 g/mol. The van der Waals surface area contributed by atoms with E-state index in [2.05, 4.69) is 24.3 Å². The summed E-state index contributed by atoms with van der Waals surface area (Å²) < 4.78 is 1.89. The van der Waals surface area contributed by atoms with Crippen molar-refractivity contribution in [3.8, 4) is 0 Å². The second-order valence-corrected chi connectivity index (χ2v) is 4.36. The third-order valence-electron chi connectivity index (χ3n) is 2.48. The molecule has 1 aromatic heterocycles. The SMILES string of the molecule is Cc1nn(C(C)C)c(C)c1NC(=O)C(C)N. The summed E-state index contributed by atoms with van der Waals surface area (Å²) in [5, 5.41) is 7.19. The van der Waals surface area contributed by atoms with Gasteiger partial charge in [-0.05, 0) is 34.6 Å². The second kappa shape index (κ2) is 4.65. The highest BCUT2D eigenvalue weighted by Crippen LogP contribution is 2.22. The summed E-state index contributed by atoms with van der Waals surface area (Å²) in [6.07, 6.45) is 0.